The largest absolute Gasteiger partial charge is 0.417 e. The number of nitrogens with one attached hydrogen (secondary N) is 1. The van der Waals surface area contributed by atoms with Gasteiger partial charge >= 0.3 is 11.8 Å². The van der Waals surface area contributed by atoms with Crippen molar-refractivity contribution in [3.63, 3.8) is 0 Å². The maximum atomic E-state index is 13.2. The maximum Gasteiger partial charge on any atom is 0.309 e. The molecule has 3 heterocycles. The van der Waals surface area contributed by atoms with Gasteiger partial charge in [0.1, 0.15) is 11.4 Å². The molecule has 152 valence electrons. The maximum absolute atomic E-state index is 13.2. The van der Waals surface area contributed by atoms with Crippen molar-refractivity contribution < 1.29 is 14.0 Å². The van der Waals surface area contributed by atoms with Gasteiger partial charge in [-0.15, -0.1) is 10.2 Å². The molecule has 30 heavy (non-hydrogen) atoms. The molecule has 3 aliphatic rings. The molecule has 1 aromatic carbocycles. The summed E-state index contributed by atoms with van der Waals surface area (Å²) in [7, 11) is 3.68. The fourth-order valence-electron chi connectivity index (χ4n) is 5.08. The summed E-state index contributed by atoms with van der Waals surface area (Å²) < 4.78 is 7.61. The van der Waals surface area contributed by atoms with Crippen molar-refractivity contribution in [3.05, 3.63) is 59.2 Å². The topological polar surface area (TPSA) is 106 Å². The van der Waals surface area contributed by atoms with Gasteiger partial charge in [-0.05, 0) is 12.5 Å². The quantitative estimate of drug-likeness (QED) is 0.700. The summed E-state index contributed by atoms with van der Waals surface area (Å²) in [5.74, 6) is 1.60. The van der Waals surface area contributed by atoms with E-state index in [9.17, 15) is 9.59 Å². The first kappa shape index (κ1) is 17.4. The van der Waals surface area contributed by atoms with Crippen LogP contribution in [0.2, 0.25) is 0 Å². The molecule has 1 aliphatic heterocycles. The minimum atomic E-state index is -0.890. The van der Waals surface area contributed by atoms with Crippen molar-refractivity contribution in [2.75, 3.05) is 11.9 Å². The highest BCUT2D eigenvalue weighted by atomic mass is 16.4. The van der Waals surface area contributed by atoms with Gasteiger partial charge in [-0.1, -0.05) is 30.3 Å². The molecule has 2 saturated carbocycles. The lowest BCUT2D eigenvalue weighted by Gasteiger charge is -2.25. The molecule has 0 bridgehead atoms. The second kappa shape index (κ2) is 5.56. The summed E-state index contributed by atoms with van der Waals surface area (Å²) in [5.41, 5.74) is 1.20. The predicted molar refractivity (Wildman–Crippen MR) is 105 cm³/mol. The second-order valence-electron chi connectivity index (χ2n) is 8.35. The average Bonchev–Trinajstić information content (AvgIpc) is 3.55. The number of fused-ring (bicyclic) bond motifs is 4. The van der Waals surface area contributed by atoms with E-state index in [1.54, 1.807) is 11.9 Å². The Balaban J connectivity index is 1.23. The van der Waals surface area contributed by atoms with Crippen LogP contribution >= 0.6 is 0 Å². The summed E-state index contributed by atoms with van der Waals surface area (Å²) in [6.07, 6.45) is 0.446. The van der Waals surface area contributed by atoms with Crippen LogP contribution in [0.5, 0.6) is 0 Å². The Labute approximate surface area is 172 Å². The molecule has 6 rings (SSSR count). The van der Waals surface area contributed by atoms with Crippen LogP contribution in [0.3, 0.4) is 0 Å². The molecule has 2 aromatic heterocycles. The van der Waals surface area contributed by atoms with Gasteiger partial charge in [-0.25, -0.2) is 4.98 Å². The summed E-state index contributed by atoms with van der Waals surface area (Å²) in [4.78, 5) is 32.2. The lowest BCUT2D eigenvalue weighted by atomic mass is 9.95. The van der Waals surface area contributed by atoms with Crippen LogP contribution in [-0.4, -0.2) is 44.1 Å². The van der Waals surface area contributed by atoms with Crippen LogP contribution in [-0.2, 0) is 18.3 Å². The number of hydrogen-bond acceptors (Lipinski definition) is 6. The first-order valence-electron chi connectivity index (χ1n) is 9.93. The number of carbonyl (C=O) groups is 2. The smallest absolute Gasteiger partial charge is 0.309 e. The number of rotatable bonds is 4. The highest BCUT2D eigenvalue weighted by molar-refractivity contribution is 6.10. The van der Waals surface area contributed by atoms with Gasteiger partial charge in [-0.2, -0.15) is 0 Å². The summed E-state index contributed by atoms with van der Waals surface area (Å²) in [6, 6.07) is 9.69. The van der Waals surface area contributed by atoms with Gasteiger partial charge in [0.05, 0.1) is 12.1 Å². The number of carbonyl (C=O) groups excluding carboxylic acids is 2. The zero-order valence-corrected chi connectivity index (χ0v) is 16.8. The van der Waals surface area contributed by atoms with Gasteiger partial charge in [-0.3, -0.25) is 14.5 Å². The van der Waals surface area contributed by atoms with E-state index in [0.717, 1.165) is 17.1 Å². The van der Waals surface area contributed by atoms with Crippen molar-refractivity contribution in [2.45, 2.75) is 24.8 Å². The minimum absolute atomic E-state index is 0.0964. The van der Waals surface area contributed by atoms with Gasteiger partial charge < -0.3 is 14.3 Å². The van der Waals surface area contributed by atoms with Crippen LogP contribution in [0.15, 0.2) is 34.7 Å². The number of likely N-dealkylation sites (N-methyl/N-ethyl adjacent to an activating group) is 1. The third-order valence-corrected chi connectivity index (χ3v) is 6.78. The Morgan fingerprint density at radius 3 is 2.67 bits per heavy atom. The second-order valence-corrected chi connectivity index (χ2v) is 8.35. The van der Waals surface area contributed by atoms with E-state index in [-0.39, 0.29) is 29.6 Å². The molecule has 0 radical (unpaired) electrons. The Bertz CT molecular complexity index is 1200. The molecule has 0 saturated heterocycles. The molecule has 2 aliphatic carbocycles. The lowest BCUT2D eigenvalue weighted by Crippen LogP contribution is -2.54. The molecule has 3 aromatic rings. The Morgan fingerprint density at radius 1 is 1.20 bits per heavy atom. The third kappa shape index (κ3) is 2.09. The van der Waals surface area contributed by atoms with E-state index in [1.165, 1.54) is 0 Å². The summed E-state index contributed by atoms with van der Waals surface area (Å²) in [6.45, 7) is 1.93. The number of imidazole rings is 1. The van der Waals surface area contributed by atoms with Crippen LogP contribution in [0.4, 0.5) is 5.82 Å². The predicted octanol–water partition coefficient (Wildman–Crippen LogP) is 1.19. The molecule has 9 heteroatoms. The number of aromatic nitrogens is 4. The van der Waals surface area contributed by atoms with Gasteiger partial charge in [0.2, 0.25) is 5.89 Å². The number of hydrogen-bond donors (Lipinski definition) is 1. The third-order valence-electron chi connectivity index (χ3n) is 6.78. The van der Waals surface area contributed by atoms with Crippen molar-refractivity contribution in [2.24, 2.45) is 18.9 Å². The van der Waals surface area contributed by atoms with Crippen molar-refractivity contribution in [3.8, 4) is 0 Å². The SMILES string of the molecule is Cc1nc2c(n1C)C1C3[C@@H]1C3(NC(=O)c1nnc(Cc3ccccc3)o1)C(=O)N2C. The first-order valence-corrected chi connectivity index (χ1v) is 9.93. The molecule has 2 amide bonds. The molecular formula is C21H20N6O3. The Hall–Kier alpha value is -3.49. The number of benzene rings is 1. The minimum Gasteiger partial charge on any atom is -0.417 e. The zero-order valence-electron chi connectivity index (χ0n) is 16.8. The van der Waals surface area contributed by atoms with E-state index in [2.05, 4.69) is 20.5 Å². The molecular weight excluding hydrogens is 384 g/mol. The Kier molecular flexibility index (Phi) is 3.22. The number of anilines is 1. The average molecular weight is 404 g/mol. The van der Waals surface area contributed by atoms with E-state index in [0.29, 0.717) is 18.1 Å². The van der Waals surface area contributed by atoms with Crippen molar-refractivity contribution in [1.29, 1.82) is 0 Å². The number of aryl methyl sites for hydroxylation is 1. The first-order chi connectivity index (χ1) is 14.4. The summed E-state index contributed by atoms with van der Waals surface area (Å²) in [5, 5.41) is 10.8. The molecule has 4 atom stereocenters. The number of nitrogens with zero attached hydrogens (tertiary/aromatic N) is 5. The monoisotopic (exact) mass is 404 g/mol. The fourth-order valence-corrected chi connectivity index (χ4v) is 5.08. The van der Waals surface area contributed by atoms with Crippen LogP contribution in [0, 0.1) is 18.8 Å². The highest BCUT2D eigenvalue weighted by Gasteiger charge is 2.90. The lowest BCUT2D eigenvalue weighted by molar-refractivity contribution is -0.122. The van der Waals surface area contributed by atoms with Crippen LogP contribution in [0.1, 0.15) is 39.6 Å². The molecule has 0 spiro atoms. The van der Waals surface area contributed by atoms with E-state index in [1.807, 2.05) is 48.9 Å². The van der Waals surface area contributed by atoms with Crippen LogP contribution < -0.4 is 10.2 Å². The highest BCUT2D eigenvalue weighted by Crippen LogP contribution is 2.82. The number of amides is 2. The van der Waals surface area contributed by atoms with Crippen molar-refractivity contribution >= 4 is 17.6 Å². The summed E-state index contributed by atoms with van der Waals surface area (Å²) >= 11 is 0. The van der Waals surface area contributed by atoms with Gasteiger partial charge in [0.25, 0.3) is 5.91 Å². The normalized spacial score (nSPS) is 27.9. The van der Waals surface area contributed by atoms with Gasteiger partial charge in [0.15, 0.2) is 5.82 Å². The van der Waals surface area contributed by atoms with E-state index >= 15 is 0 Å². The van der Waals surface area contributed by atoms with Gasteiger partial charge in [0, 0.05) is 31.8 Å². The standard InChI is InChI=1S/C21H20N6O3/c1-10-22-17-16(26(10)2)13-14-15(13)21(14,20(29)27(17)3)23-18(28)19-25-24-12(30-19)9-11-7-5-4-6-8-11/h4-8,13-15H,9H2,1-3H3,(H,23,28)/t13?,14-,15?,21?/m1/s1. The molecule has 2 fully saturated rings. The Morgan fingerprint density at radius 2 is 1.93 bits per heavy atom. The molecule has 1 N–H and O–H groups in total. The van der Waals surface area contributed by atoms with Crippen LogP contribution in [0.25, 0.3) is 0 Å². The van der Waals surface area contributed by atoms with Crippen molar-refractivity contribution in [1.82, 2.24) is 25.1 Å². The molecule has 9 nitrogen and oxygen atoms in total. The van der Waals surface area contributed by atoms with E-state index in [4.69, 9.17) is 4.42 Å². The molecule has 3 unspecified atom stereocenters. The fraction of sp³-hybridized carbons (Fsp3) is 0.381. The van der Waals surface area contributed by atoms with E-state index < -0.39 is 11.4 Å². The zero-order chi connectivity index (χ0) is 20.8.